The van der Waals surface area contributed by atoms with Crippen molar-refractivity contribution in [2.45, 2.75) is 26.3 Å². The summed E-state index contributed by atoms with van der Waals surface area (Å²) in [6.07, 6.45) is 6.85. The van der Waals surface area contributed by atoms with E-state index in [2.05, 4.69) is 30.3 Å². The van der Waals surface area contributed by atoms with Gasteiger partial charge in [0.15, 0.2) is 0 Å². The fourth-order valence-corrected chi connectivity index (χ4v) is 1.34. The van der Waals surface area contributed by atoms with Crippen molar-refractivity contribution in [1.29, 1.82) is 0 Å². The zero-order valence-corrected chi connectivity index (χ0v) is 9.83. The Morgan fingerprint density at radius 1 is 1.31 bits per heavy atom. The molecule has 0 spiro atoms. The van der Waals surface area contributed by atoms with Crippen molar-refractivity contribution >= 4 is 0 Å². The molecule has 0 radical (unpaired) electrons. The van der Waals surface area contributed by atoms with Gasteiger partial charge in [-0.1, -0.05) is 19.1 Å². The molecule has 0 aliphatic rings. The third-order valence-corrected chi connectivity index (χ3v) is 2.24. The Bertz CT molecular complexity index is 324. The van der Waals surface area contributed by atoms with Crippen molar-refractivity contribution in [1.82, 2.24) is 5.32 Å². The molecule has 2 nitrogen and oxygen atoms in total. The molecule has 0 fully saturated rings. The highest BCUT2D eigenvalue weighted by Crippen LogP contribution is 2.12. The van der Waals surface area contributed by atoms with E-state index in [-0.39, 0.29) is 0 Å². The van der Waals surface area contributed by atoms with Crippen LogP contribution in [-0.2, 0) is 6.54 Å². The van der Waals surface area contributed by atoms with E-state index >= 15 is 0 Å². The van der Waals surface area contributed by atoms with E-state index in [1.54, 1.807) is 0 Å². The van der Waals surface area contributed by atoms with Gasteiger partial charge in [-0.3, -0.25) is 0 Å². The number of rotatable bonds is 7. The van der Waals surface area contributed by atoms with E-state index in [9.17, 15) is 0 Å². The van der Waals surface area contributed by atoms with E-state index in [0.717, 1.165) is 31.7 Å². The summed E-state index contributed by atoms with van der Waals surface area (Å²) in [4.78, 5) is 0. The normalized spacial score (nSPS) is 9.75. The lowest BCUT2D eigenvalue weighted by Gasteiger charge is -2.06. The molecule has 0 saturated heterocycles. The summed E-state index contributed by atoms with van der Waals surface area (Å²) in [6, 6.07) is 8.17. The fourth-order valence-electron chi connectivity index (χ4n) is 1.34. The van der Waals surface area contributed by atoms with E-state index < -0.39 is 0 Å². The zero-order chi connectivity index (χ0) is 11.6. The fraction of sp³-hybridized carbons (Fsp3) is 0.429. The van der Waals surface area contributed by atoms with Crippen LogP contribution in [0.4, 0.5) is 0 Å². The van der Waals surface area contributed by atoms with Gasteiger partial charge in [0.25, 0.3) is 0 Å². The summed E-state index contributed by atoms with van der Waals surface area (Å²) in [5, 5.41) is 3.28. The SMILES string of the molecule is C#CCCCOc1ccc(CNCC)cc1. The molecule has 2 heteroatoms. The van der Waals surface area contributed by atoms with Gasteiger partial charge in [0.2, 0.25) is 0 Å². The molecule has 1 aromatic carbocycles. The Hall–Kier alpha value is -1.46. The third kappa shape index (κ3) is 4.86. The second-order valence-electron chi connectivity index (χ2n) is 3.58. The number of hydrogen-bond acceptors (Lipinski definition) is 2. The molecule has 0 aliphatic heterocycles. The minimum atomic E-state index is 0.691. The molecule has 86 valence electrons. The standard InChI is InChI=1S/C14H19NO/c1-3-5-6-11-16-14-9-7-13(8-10-14)12-15-4-2/h1,7-10,15H,4-6,11-12H2,2H3. The lowest BCUT2D eigenvalue weighted by Crippen LogP contribution is -2.11. The molecule has 1 N–H and O–H groups in total. The number of terminal acetylenes is 1. The highest BCUT2D eigenvalue weighted by molar-refractivity contribution is 5.27. The van der Waals surface area contributed by atoms with Crippen molar-refractivity contribution in [3.8, 4) is 18.1 Å². The predicted octanol–water partition coefficient (Wildman–Crippen LogP) is 2.59. The average molecular weight is 217 g/mol. The maximum absolute atomic E-state index is 5.55. The molecular formula is C14H19NO. The van der Waals surface area contributed by atoms with E-state index in [1.165, 1.54) is 5.56 Å². The predicted molar refractivity (Wildman–Crippen MR) is 67.4 cm³/mol. The van der Waals surface area contributed by atoms with Crippen LogP contribution in [0.25, 0.3) is 0 Å². The molecule has 0 saturated carbocycles. The van der Waals surface area contributed by atoms with E-state index in [0.29, 0.717) is 6.61 Å². The van der Waals surface area contributed by atoms with Gasteiger partial charge in [-0.05, 0) is 30.7 Å². The summed E-state index contributed by atoms with van der Waals surface area (Å²) in [5.41, 5.74) is 1.28. The lowest BCUT2D eigenvalue weighted by molar-refractivity contribution is 0.313. The topological polar surface area (TPSA) is 21.3 Å². The summed E-state index contributed by atoms with van der Waals surface area (Å²) >= 11 is 0. The van der Waals surface area contributed by atoms with E-state index in [4.69, 9.17) is 11.2 Å². The maximum atomic E-state index is 5.55. The highest BCUT2D eigenvalue weighted by Gasteiger charge is 1.95. The van der Waals surface area contributed by atoms with Crippen LogP contribution in [0.15, 0.2) is 24.3 Å². The van der Waals surface area contributed by atoms with Crippen molar-refractivity contribution in [3.63, 3.8) is 0 Å². The van der Waals surface area contributed by atoms with Gasteiger partial charge in [0, 0.05) is 13.0 Å². The van der Waals surface area contributed by atoms with Crippen molar-refractivity contribution in [3.05, 3.63) is 29.8 Å². The van der Waals surface area contributed by atoms with Gasteiger partial charge in [0.05, 0.1) is 6.61 Å². The minimum Gasteiger partial charge on any atom is -0.494 e. The Balaban J connectivity index is 2.31. The molecule has 0 amide bonds. The number of nitrogens with one attached hydrogen (secondary N) is 1. The smallest absolute Gasteiger partial charge is 0.119 e. The first kappa shape index (κ1) is 12.6. The monoisotopic (exact) mass is 217 g/mol. The van der Waals surface area contributed by atoms with Crippen LogP contribution >= 0.6 is 0 Å². The van der Waals surface area contributed by atoms with Crippen molar-refractivity contribution in [2.24, 2.45) is 0 Å². The van der Waals surface area contributed by atoms with Crippen molar-refractivity contribution in [2.75, 3.05) is 13.2 Å². The Kier molecular flexibility index (Phi) is 6.13. The molecule has 16 heavy (non-hydrogen) atoms. The highest BCUT2D eigenvalue weighted by atomic mass is 16.5. The minimum absolute atomic E-state index is 0.691. The molecule has 0 unspecified atom stereocenters. The van der Waals surface area contributed by atoms with Gasteiger partial charge in [-0.15, -0.1) is 12.3 Å². The van der Waals surface area contributed by atoms with Crippen LogP contribution in [0.1, 0.15) is 25.3 Å². The number of ether oxygens (including phenoxy) is 1. The van der Waals surface area contributed by atoms with Gasteiger partial charge >= 0.3 is 0 Å². The van der Waals surface area contributed by atoms with Crippen LogP contribution in [0.3, 0.4) is 0 Å². The number of unbranched alkanes of at least 4 members (excludes halogenated alkanes) is 1. The van der Waals surface area contributed by atoms with Gasteiger partial charge < -0.3 is 10.1 Å². The summed E-state index contributed by atoms with van der Waals surface area (Å²) in [5.74, 6) is 3.51. The molecule has 0 atom stereocenters. The van der Waals surface area contributed by atoms with Gasteiger partial charge in [-0.2, -0.15) is 0 Å². The number of benzene rings is 1. The molecular weight excluding hydrogens is 198 g/mol. The number of hydrogen-bond donors (Lipinski definition) is 1. The van der Waals surface area contributed by atoms with E-state index in [1.807, 2.05) is 12.1 Å². The summed E-state index contributed by atoms with van der Waals surface area (Å²) < 4.78 is 5.55. The first-order valence-electron chi connectivity index (χ1n) is 5.72. The zero-order valence-electron chi connectivity index (χ0n) is 9.83. The molecule has 0 aliphatic carbocycles. The van der Waals surface area contributed by atoms with Crippen LogP contribution in [0, 0.1) is 12.3 Å². The Labute approximate surface area is 98.0 Å². The molecule has 1 aromatic rings. The Morgan fingerprint density at radius 3 is 2.69 bits per heavy atom. The van der Waals surface area contributed by atoms with Gasteiger partial charge in [0.1, 0.15) is 5.75 Å². The van der Waals surface area contributed by atoms with Crippen molar-refractivity contribution < 1.29 is 4.74 Å². The molecule has 0 aromatic heterocycles. The summed E-state index contributed by atoms with van der Waals surface area (Å²) in [6.45, 7) is 4.69. The Morgan fingerprint density at radius 2 is 2.06 bits per heavy atom. The molecule has 0 heterocycles. The largest absolute Gasteiger partial charge is 0.494 e. The first-order chi connectivity index (χ1) is 7.86. The quantitative estimate of drug-likeness (QED) is 0.560. The average Bonchev–Trinajstić information content (AvgIpc) is 2.33. The first-order valence-corrected chi connectivity index (χ1v) is 5.72. The van der Waals surface area contributed by atoms with Crippen LogP contribution in [0.2, 0.25) is 0 Å². The van der Waals surface area contributed by atoms with Crippen LogP contribution in [-0.4, -0.2) is 13.2 Å². The second kappa shape index (κ2) is 7.78. The second-order valence-corrected chi connectivity index (χ2v) is 3.58. The maximum Gasteiger partial charge on any atom is 0.119 e. The van der Waals surface area contributed by atoms with Gasteiger partial charge in [-0.25, -0.2) is 0 Å². The molecule has 1 rings (SSSR count). The van der Waals surface area contributed by atoms with Crippen LogP contribution in [0.5, 0.6) is 5.75 Å². The third-order valence-electron chi connectivity index (χ3n) is 2.24. The van der Waals surface area contributed by atoms with Crippen LogP contribution < -0.4 is 10.1 Å². The molecule has 0 bridgehead atoms. The summed E-state index contributed by atoms with van der Waals surface area (Å²) in [7, 11) is 0. The lowest BCUT2D eigenvalue weighted by atomic mass is 10.2.